The van der Waals surface area contributed by atoms with Crippen LogP contribution in [-0.2, 0) is 42.9 Å². The maximum absolute atomic E-state index is 12.8. The summed E-state index contributed by atoms with van der Waals surface area (Å²) in [4.78, 5) is 59.5. The second-order valence-corrected chi connectivity index (χ2v) is 7.21. The molecule has 1 aliphatic heterocycles. The molecule has 1 aromatic rings. The fourth-order valence-electron chi connectivity index (χ4n) is 3.24. The van der Waals surface area contributed by atoms with Crippen LogP contribution in [0.3, 0.4) is 0 Å². The van der Waals surface area contributed by atoms with Crippen LogP contribution in [0.2, 0.25) is 0 Å². The first-order valence-corrected chi connectivity index (χ1v) is 9.95. The number of ether oxygens (including phenoxy) is 5. The van der Waals surface area contributed by atoms with Gasteiger partial charge in [-0.3, -0.25) is 19.2 Å². The molecule has 12 heteroatoms. The zero-order chi connectivity index (χ0) is 24.7. The van der Waals surface area contributed by atoms with Crippen molar-refractivity contribution in [2.24, 2.45) is 0 Å². The van der Waals surface area contributed by atoms with E-state index < -0.39 is 67.0 Å². The molecule has 0 bridgehead atoms. The van der Waals surface area contributed by atoms with Crippen LogP contribution in [0.4, 0.5) is 5.69 Å². The normalized spacial score (nSPS) is 24.2. The van der Waals surface area contributed by atoms with Crippen molar-refractivity contribution < 1.29 is 47.7 Å². The van der Waals surface area contributed by atoms with E-state index in [1.165, 1.54) is 19.1 Å². The lowest BCUT2D eigenvalue weighted by Gasteiger charge is -2.44. The Hall–Kier alpha value is -3.67. The predicted molar refractivity (Wildman–Crippen MR) is 110 cm³/mol. The predicted octanol–water partition coefficient (Wildman–Crippen LogP) is 0.0817. The Labute approximate surface area is 189 Å². The van der Waals surface area contributed by atoms with Gasteiger partial charge < -0.3 is 34.7 Å². The van der Waals surface area contributed by atoms with Crippen molar-refractivity contribution in [1.29, 1.82) is 0 Å². The average molecular weight is 466 g/mol. The third-order valence-corrected chi connectivity index (χ3v) is 4.48. The Morgan fingerprint density at radius 1 is 0.909 bits per heavy atom. The van der Waals surface area contributed by atoms with Crippen molar-refractivity contribution >= 4 is 35.5 Å². The maximum atomic E-state index is 12.8. The first-order valence-electron chi connectivity index (χ1n) is 9.95. The lowest BCUT2D eigenvalue weighted by molar-refractivity contribution is -0.263. The molecule has 5 atom stereocenters. The summed E-state index contributed by atoms with van der Waals surface area (Å²) in [6.45, 7) is 4.15. The highest BCUT2D eigenvalue weighted by molar-refractivity contribution is 5.95. The van der Waals surface area contributed by atoms with E-state index in [2.05, 4.69) is 5.32 Å². The molecule has 3 N–H and O–H groups in total. The van der Waals surface area contributed by atoms with Gasteiger partial charge in [0.25, 0.3) is 0 Å². The molecule has 0 aliphatic carbocycles. The molecule has 0 radical (unpaired) electrons. The summed E-state index contributed by atoms with van der Waals surface area (Å²) in [5, 5.41) is 2.50. The highest BCUT2D eigenvalue weighted by atomic mass is 16.7. The molecule has 33 heavy (non-hydrogen) atoms. The molecule has 0 saturated carbocycles. The molecule has 2 rings (SSSR count). The number of anilines is 1. The van der Waals surface area contributed by atoms with Crippen molar-refractivity contribution in [3.63, 3.8) is 0 Å². The Morgan fingerprint density at radius 2 is 1.52 bits per heavy atom. The SMILES string of the molecule is CC(=O)NC1C(OC(=O)c2ccccc2N)OC(COC(C)=O)C(OC(C)=O)C1OC(C)=O. The molecule has 180 valence electrons. The van der Waals surface area contributed by atoms with Crippen molar-refractivity contribution in [3.05, 3.63) is 29.8 Å². The van der Waals surface area contributed by atoms with E-state index in [-0.39, 0.29) is 11.3 Å². The Kier molecular flexibility index (Phi) is 8.74. The quantitative estimate of drug-likeness (QED) is 0.317. The van der Waals surface area contributed by atoms with Gasteiger partial charge >= 0.3 is 23.9 Å². The van der Waals surface area contributed by atoms with Crippen molar-refractivity contribution in [2.75, 3.05) is 12.3 Å². The van der Waals surface area contributed by atoms with Gasteiger partial charge in [0, 0.05) is 33.4 Å². The lowest BCUT2D eigenvalue weighted by Crippen LogP contribution is -2.66. The second-order valence-electron chi connectivity index (χ2n) is 7.21. The van der Waals surface area contributed by atoms with E-state index in [9.17, 15) is 24.0 Å². The van der Waals surface area contributed by atoms with E-state index >= 15 is 0 Å². The van der Waals surface area contributed by atoms with Gasteiger partial charge in [-0.1, -0.05) is 12.1 Å². The molecular weight excluding hydrogens is 440 g/mol. The number of benzene rings is 1. The number of nitrogens with one attached hydrogen (secondary N) is 1. The second kappa shape index (κ2) is 11.3. The zero-order valence-electron chi connectivity index (χ0n) is 18.6. The minimum atomic E-state index is -1.52. The van der Waals surface area contributed by atoms with Crippen LogP contribution in [0.15, 0.2) is 24.3 Å². The van der Waals surface area contributed by atoms with Crippen LogP contribution in [0, 0.1) is 0 Å². The minimum absolute atomic E-state index is 0.0327. The smallest absolute Gasteiger partial charge is 0.342 e. The van der Waals surface area contributed by atoms with E-state index in [1.807, 2.05) is 0 Å². The van der Waals surface area contributed by atoms with Crippen molar-refractivity contribution in [3.8, 4) is 0 Å². The van der Waals surface area contributed by atoms with Crippen LogP contribution in [0.25, 0.3) is 0 Å². The summed E-state index contributed by atoms with van der Waals surface area (Å²) in [6.07, 6.45) is -5.34. The topological polar surface area (TPSA) is 170 Å². The third-order valence-electron chi connectivity index (χ3n) is 4.48. The van der Waals surface area contributed by atoms with E-state index in [4.69, 9.17) is 29.4 Å². The number of rotatable bonds is 7. The number of esters is 4. The molecule has 0 aromatic heterocycles. The van der Waals surface area contributed by atoms with E-state index in [0.717, 1.165) is 20.8 Å². The zero-order valence-corrected chi connectivity index (χ0v) is 18.6. The fraction of sp³-hybridized carbons (Fsp3) is 0.476. The summed E-state index contributed by atoms with van der Waals surface area (Å²) in [5.74, 6) is -3.62. The Bertz CT molecular complexity index is 918. The van der Waals surface area contributed by atoms with Gasteiger partial charge in [-0.25, -0.2) is 4.79 Å². The first-order chi connectivity index (χ1) is 15.5. The number of nitrogen functional groups attached to an aromatic ring is 1. The number of hydrogen-bond acceptors (Lipinski definition) is 11. The highest BCUT2D eigenvalue weighted by Crippen LogP contribution is 2.29. The highest BCUT2D eigenvalue weighted by Gasteiger charge is 2.52. The maximum Gasteiger partial charge on any atom is 0.342 e. The monoisotopic (exact) mass is 466 g/mol. The van der Waals surface area contributed by atoms with Crippen LogP contribution in [0.1, 0.15) is 38.1 Å². The van der Waals surface area contributed by atoms with E-state index in [0.29, 0.717) is 0 Å². The molecule has 1 aromatic carbocycles. The van der Waals surface area contributed by atoms with Gasteiger partial charge in [-0.15, -0.1) is 0 Å². The van der Waals surface area contributed by atoms with Crippen LogP contribution in [-0.4, -0.2) is 67.0 Å². The van der Waals surface area contributed by atoms with Crippen LogP contribution >= 0.6 is 0 Å². The molecule has 1 saturated heterocycles. The number of carbonyl (C=O) groups is 5. The van der Waals surface area contributed by atoms with Gasteiger partial charge in [0.2, 0.25) is 12.2 Å². The number of para-hydroxylation sites is 1. The Balaban J connectivity index is 2.45. The summed E-state index contributed by atoms with van der Waals surface area (Å²) in [7, 11) is 0. The van der Waals surface area contributed by atoms with Crippen molar-refractivity contribution in [1.82, 2.24) is 5.32 Å². The standard InChI is InChI=1S/C21H26N2O10/c1-10(24)23-17-19(31-13(4)27)18(30-12(3)26)16(9-29-11(2)25)32-21(17)33-20(28)14-7-5-6-8-15(14)22/h5-8,16-19,21H,9,22H2,1-4H3,(H,23,24). The first kappa shape index (κ1) is 25.6. The molecule has 5 unspecified atom stereocenters. The third kappa shape index (κ3) is 7.17. The van der Waals surface area contributed by atoms with Gasteiger partial charge in [-0.2, -0.15) is 0 Å². The summed E-state index contributed by atoms with van der Waals surface area (Å²) in [6, 6.07) is 4.85. The minimum Gasteiger partial charge on any atom is -0.463 e. The molecule has 1 aliphatic rings. The molecular formula is C21H26N2O10. The summed E-state index contributed by atoms with van der Waals surface area (Å²) in [5.41, 5.74) is 6.00. The Morgan fingerprint density at radius 3 is 2.06 bits per heavy atom. The fourth-order valence-corrected chi connectivity index (χ4v) is 3.24. The lowest BCUT2D eigenvalue weighted by atomic mass is 9.96. The molecule has 0 spiro atoms. The largest absolute Gasteiger partial charge is 0.463 e. The number of amides is 1. The van der Waals surface area contributed by atoms with Gasteiger partial charge in [-0.05, 0) is 12.1 Å². The molecule has 1 fully saturated rings. The average Bonchev–Trinajstić information content (AvgIpc) is 2.70. The van der Waals surface area contributed by atoms with Crippen LogP contribution in [0.5, 0.6) is 0 Å². The molecule has 12 nitrogen and oxygen atoms in total. The number of carbonyl (C=O) groups excluding carboxylic acids is 5. The number of hydrogen-bond donors (Lipinski definition) is 2. The van der Waals surface area contributed by atoms with Gasteiger partial charge in [0.15, 0.2) is 12.2 Å². The number of nitrogens with two attached hydrogens (primary N) is 1. The molecule has 1 heterocycles. The summed E-state index contributed by atoms with van der Waals surface area (Å²) < 4.78 is 26.8. The van der Waals surface area contributed by atoms with Gasteiger partial charge in [0.1, 0.15) is 18.8 Å². The van der Waals surface area contributed by atoms with Crippen molar-refractivity contribution in [2.45, 2.75) is 58.3 Å². The van der Waals surface area contributed by atoms with E-state index in [1.54, 1.807) is 12.1 Å². The molecule has 1 amide bonds. The van der Waals surface area contributed by atoms with Gasteiger partial charge in [0.05, 0.1) is 5.56 Å². The summed E-state index contributed by atoms with van der Waals surface area (Å²) >= 11 is 0. The van der Waals surface area contributed by atoms with Crippen LogP contribution < -0.4 is 11.1 Å².